The lowest BCUT2D eigenvalue weighted by Gasteiger charge is -2.33. The Balaban J connectivity index is 1.49. The second-order valence-corrected chi connectivity index (χ2v) is 10.4. The van der Waals surface area contributed by atoms with E-state index in [1.165, 1.54) is 17.1 Å². The molecule has 10 heteroatoms. The SMILES string of the molecule is CN(C)CCNS(=O)(=O)c1ccc(N2CCC(c3cc4ccccc4[nH]3)CC2)c([N+](=O)[O-])c1. The topological polar surface area (TPSA) is 112 Å². The van der Waals surface area contributed by atoms with Crippen LogP contribution >= 0.6 is 0 Å². The quantitative estimate of drug-likeness (QED) is 0.385. The molecule has 176 valence electrons. The molecule has 1 aromatic heterocycles. The average Bonchev–Trinajstić information content (AvgIpc) is 3.23. The maximum atomic E-state index is 12.6. The summed E-state index contributed by atoms with van der Waals surface area (Å²) in [5, 5.41) is 13.0. The molecule has 4 rings (SSSR count). The fourth-order valence-corrected chi connectivity index (χ4v) is 5.36. The molecule has 9 nitrogen and oxygen atoms in total. The van der Waals surface area contributed by atoms with E-state index in [0.29, 0.717) is 31.2 Å². The molecule has 0 unspecified atom stereocenters. The van der Waals surface area contributed by atoms with Crippen molar-refractivity contribution in [3.05, 3.63) is 64.3 Å². The maximum Gasteiger partial charge on any atom is 0.293 e. The van der Waals surface area contributed by atoms with E-state index >= 15 is 0 Å². The maximum absolute atomic E-state index is 12.6. The van der Waals surface area contributed by atoms with Crippen LogP contribution in [-0.4, -0.2) is 63.5 Å². The van der Waals surface area contributed by atoms with Gasteiger partial charge in [0.2, 0.25) is 10.0 Å². The molecule has 2 aromatic carbocycles. The van der Waals surface area contributed by atoms with Crippen molar-refractivity contribution in [2.24, 2.45) is 0 Å². The summed E-state index contributed by atoms with van der Waals surface area (Å²) in [4.78, 5) is 18.5. The number of H-pyrrole nitrogens is 1. The molecule has 1 aliphatic rings. The van der Waals surface area contributed by atoms with E-state index in [1.807, 2.05) is 36.0 Å². The minimum absolute atomic E-state index is 0.0929. The first-order chi connectivity index (χ1) is 15.7. The van der Waals surface area contributed by atoms with E-state index in [1.54, 1.807) is 6.07 Å². The lowest BCUT2D eigenvalue weighted by Crippen LogP contribution is -2.34. The molecule has 1 aliphatic heterocycles. The average molecular weight is 472 g/mol. The molecule has 0 aliphatic carbocycles. The second-order valence-electron chi connectivity index (χ2n) is 8.68. The Morgan fingerprint density at radius 1 is 1.15 bits per heavy atom. The number of piperidine rings is 1. The number of nitrogens with one attached hydrogen (secondary N) is 2. The molecule has 33 heavy (non-hydrogen) atoms. The van der Waals surface area contributed by atoms with Crippen LogP contribution in [0.4, 0.5) is 11.4 Å². The summed E-state index contributed by atoms with van der Waals surface area (Å²) in [5.74, 6) is 0.355. The van der Waals surface area contributed by atoms with Crippen LogP contribution in [0.25, 0.3) is 10.9 Å². The van der Waals surface area contributed by atoms with Gasteiger partial charge in [0, 0.05) is 49.4 Å². The first kappa shape index (κ1) is 23.2. The van der Waals surface area contributed by atoms with Crippen LogP contribution in [0, 0.1) is 10.1 Å². The first-order valence-corrected chi connectivity index (χ1v) is 12.5. The van der Waals surface area contributed by atoms with Gasteiger partial charge in [-0.3, -0.25) is 10.1 Å². The van der Waals surface area contributed by atoms with Gasteiger partial charge in [-0.15, -0.1) is 0 Å². The monoisotopic (exact) mass is 471 g/mol. The summed E-state index contributed by atoms with van der Waals surface area (Å²) in [6.07, 6.45) is 1.71. The molecule has 0 atom stereocenters. The molecule has 0 amide bonds. The van der Waals surface area contributed by atoms with Crippen molar-refractivity contribution in [2.45, 2.75) is 23.7 Å². The van der Waals surface area contributed by atoms with Gasteiger partial charge in [0.15, 0.2) is 0 Å². The molecular weight excluding hydrogens is 442 g/mol. The van der Waals surface area contributed by atoms with Crippen molar-refractivity contribution >= 4 is 32.3 Å². The fraction of sp³-hybridized carbons (Fsp3) is 0.391. The van der Waals surface area contributed by atoms with Crippen molar-refractivity contribution in [3.8, 4) is 0 Å². The highest BCUT2D eigenvalue weighted by Gasteiger charge is 2.28. The Labute approximate surface area is 193 Å². The van der Waals surface area contributed by atoms with Crippen LogP contribution in [0.15, 0.2) is 53.4 Å². The first-order valence-electron chi connectivity index (χ1n) is 11.0. The van der Waals surface area contributed by atoms with E-state index in [-0.39, 0.29) is 17.1 Å². The lowest BCUT2D eigenvalue weighted by atomic mass is 9.93. The zero-order valence-electron chi connectivity index (χ0n) is 18.8. The lowest BCUT2D eigenvalue weighted by molar-refractivity contribution is -0.384. The number of nitro benzene ring substituents is 1. The number of likely N-dealkylation sites (N-methyl/N-ethyl adjacent to an activating group) is 1. The molecule has 0 bridgehead atoms. The second kappa shape index (κ2) is 9.50. The van der Waals surface area contributed by atoms with Crippen LogP contribution in [0.3, 0.4) is 0 Å². The van der Waals surface area contributed by atoms with Gasteiger partial charge in [0.05, 0.1) is 9.82 Å². The number of hydrogen-bond acceptors (Lipinski definition) is 6. The van der Waals surface area contributed by atoms with Crippen molar-refractivity contribution < 1.29 is 13.3 Å². The summed E-state index contributed by atoms with van der Waals surface area (Å²) >= 11 is 0. The number of sulfonamides is 1. The summed E-state index contributed by atoms with van der Waals surface area (Å²) in [6.45, 7) is 2.08. The number of aromatic amines is 1. The smallest absolute Gasteiger partial charge is 0.293 e. The van der Waals surface area contributed by atoms with E-state index in [4.69, 9.17) is 0 Å². The zero-order valence-corrected chi connectivity index (χ0v) is 19.6. The van der Waals surface area contributed by atoms with Crippen LogP contribution in [0.2, 0.25) is 0 Å². The van der Waals surface area contributed by atoms with Gasteiger partial charge in [-0.25, -0.2) is 13.1 Å². The van der Waals surface area contributed by atoms with Gasteiger partial charge in [-0.05, 0) is 56.6 Å². The molecule has 3 aromatic rings. The molecule has 0 radical (unpaired) electrons. The highest BCUT2D eigenvalue weighted by molar-refractivity contribution is 7.89. The van der Waals surface area contributed by atoms with Crippen LogP contribution in [-0.2, 0) is 10.0 Å². The van der Waals surface area contributed by atoms with Crippen LogP contribution < -0.4 is 9.62 Å². The summed E-state index contributed by atoms with van der Waals surface area (Å²) in [6, 6.07) is 14.5. The van der Waals surface area contributed by atoms with Gasteiger partial charge in [-0.1, -0.05) is 18.2 Å². The number of hydrogen-bond donors (Lipinski definition) is 2. The number of fused-ring (bicyclic) bond motifs is 1. The number of anilines is 1. The van der Waals surface area contributed by atoms with Gasteiger partial charge >= 0.3 is 0 Å². The third kappa shape index (κ3) is 5.18. The summed E-state index contributed by atoms with van der Waals surface area (Å²) in [7, 11) is -0.136. The van der Waals surface area contributed by atoms with Crippen molar-refractivity contribution in [2.75, 3.05) is 45.2 Å². The van der Waals surface area contributed by atoms with Crippen LogP contribution in [0.1, 0.15) is 24.5 Å². The van der Waals surface area contributed by atoms with Gasteiger partial charge < -0.3 is 14.8 Å². The van der Waals surface area contributed by atoms with E-state index < -0.39 is 14.9 Å². The largest absolute Gasteiger partial charge is 0.366 e. The number of nitro groups is 1. The number of aromatic nitrogens is 1. The predicted octanol–water partition coefficient (Wildman–Crippen LogP) is 3.30. The third-order valence-electron chi connectivity index (χ3n) is 6.13. The van der Waals surface area contributed by atoms with E-state index in [0.717, 1.165) is 24.4 Å². The molecule has 0 saturated carbocycles. The van der Waals surface area contributed by atoms with Crippen LogP contribution in [0.5, 0.6) is 0 Å². The molecule has 2 heterocycles. The molecular formula is C23H29N5O4S. The fourth-order valence-electron chi connectivity index (χ4n) is 4.32. The minimum atomic E-state index is -3.82. The Morgan fingerprint density at radius 3 is 2.55 bits per heavy atom. The number of rotatable bonds is 8. The number of nitrogens with zero attached hydrogens (tertiary/aromatic N) is 3. The van der Waals surface area contributed by atoms with Gasteiger partial charge in [0.25, 0.3) is 5.69 Å². The van der Waals surface area contributed by atoms with E-state index in [2.05, 4.69) is 27.9 Å². The van der Waals surface area contributed by atoms with Crippen molar-refractivity contribution in [3.63, 3.8) is 0 Å². The third-order valence-corrected chi connectivity index (χ3v) is 7.59. The number of para-hydroxylation sites is 1. The molecule has 1 saturated heterocycles. The minimum Gasteiger partial charge on any atom is -0.366 e. The number of benzene rings is 2. The van der Waals surface area contributed by atoms with Gasteiger partial charge in [-0.2, -0.15) is 0 Å². The van der Waals surface area contributed by atoms with Gasteiger partial charge in [0.1, 0.15) is 5.69 Å². The van der Waals surface area contributed by atoms with Crippen molar-refractivity contribution in [1.29, 1.82) is 0 Å². The Kier molecular flexibility index (Phi) is 6.68. The Bertz CT molecular complexity index is 1210. The highest BCUT2D eigenvalue weighted by Crippen LogP contribution is 2.36. The summed E-state index contributed by atoms with van der Waals surface area (Å²) in [5.41, 5.74) is 2.58. The Hall–Kier alpha value is -2.95. The normalized spacial score (nSPS) is 15.4. The van der Waals surface area contributed by atoms with E-state index in [9.17, 15) is 18.5 Å². The molecule has 2 N–H and O–H groups in total. The highest BCUT2D eigenvalue weighted by atomic mass is 32.2. The molecule has 0 spiro atoms. The Morgan fingerprint density at radius 2 is 1.88 bits per heavy atom. The predicted molar refractivity (Wildman–Crippen MR) is 129 cm³/mol. The summed E-state index contributed by atoms with van der Waals surface area (Å²) < 4.78 is 27.7. The van der Waals surface area contributed by atoms with Crippen molar-refractivity contribution in [1.82, 2.24) is 14.6 Å². The zero-order chi connectivity index (χ0) is 23.6. The standard InChI is InChI=1S/C23H29N5O4S/c1-26(2)14-11-24-33(31,32)19-7-8-22(23(16-19)28(29)30)27-12-9-17(10-13-27)21-15-18-5-3-4-6-20(18)25-21/h3-8,15-17,24-25H,9-14H2,1-2H3. The molecule has 1 fully saturated rings.